The molecule has 0 unspecified atom stereocenters. The lowest BCUT2D eigenvalue weighted by Crippen LogP contribution is -2.31. The minimum absolute atomic E-state index is 0.0149. The van der Waals surface area contributed by atoms with Crippen molar-refractivity contribution in [3.8, 4) is 0 Å². The van der Waals surface area contributed by atoms with Crippen LogP contribution in [0.1, 0.15) is 41.4 Å². The van der Waals surface area contributed by atoms with E-state index >= 15 is 0 Å². The van der Waals surface area contributed by atoms with Crippen molar-refractivity contribution in [2.45, 2.75) is 0 Å². The van der Waals surface area contributed by atoms with Crippen LogP contribution in [0.2, 0.25) is 10.0 Å². The summed E-state index contributed by atoms with van der Waals surface area (Å²) in [5.41, 5.74) is 0.811. The minimum atomic E-state index is -0.847. The van der Waals surface area contributed by atoms with Gasteiger partial charge in [0.15, 0.2) is 12.4 Å². The number of para-hydroxylation sites is 1. The van der Waals surface area contributed by atoms with Crippen molar-refractivity contribution in [3.63, 3.8) is 0 Å². The molecule has 0 N–H and O–H groups in total. The molecule has 0 bridgehead atoms. The lowest BCUT2D eigenvalue weighted by molar-refractivity contribution is 0.0475. The molecule has 154 valence electrons. The molecule has 1 aliphatic heterocycles. The Morgan fingerprint density at radius 3 is 2.06 bits per heavy atom. The first-order valence-corrected chi connectivity index (χ1v) is 9.86. The van der Waals surface area contributed by atoms with Crippen LogP contribution in [0.5, 0.6) is 0 Å². The fourth-order valence-corrected chi connectivity index (χ4v) is 3.51. The third-order valence-electron chi connectivity index (χ3n) is 4.73. The molecular formula is C23H13Cl2NO5. The van der Waals surface area contributed by atoms with Gasteiger partial charge in [0.1, 0.15) is 0 Å². The number of carbonyl (C=O) groups excluding carboxylic acids is 4. The van der Waals surface area contributed by atoms with Crippen molar-refractivity contribution in [3.05, 3.63) is 99.0 Å². The maximum absolute atomic E-state index is 12.8. The second kappa shape index (κ2) is 8.34. The number of ether oxygens (including phenoxy) is 1. The standard InChI is InChI=1S/C23H13Cl2NO5/c24-17-10-9-13(11-18(17)25)20(27)12-31-23(30)16-7-3-4-8-19(16)26-21(28)14-5-1-2-6-15(14)22(26)29/h1-11H,12H2. The number of amides is 2. The Bertz CT molecular complexity index is 1220. The molecule has 0 atom stereocenters. The van der Waals surface area contributed by atoms with Crippen molar-refractivity contribution in [2.24, 2.45) is 0 Å². The molecule has 0 radical (unpaired) electrons. The number of hydrogen-bond acceptors (Lipinski definition) is 5. The number of imide groups is 1. The average Bonchev–Trinajstić information content (AvgIpc) is 3.04. The number of esters is 1. The van der Waals surface area contributed by atoms with Crippen LogP contribution in [0.15, 0.2) is 66.7 Å². The van der Waals surface area contributed by atoms with E-state index in [4.69, 9.17) is 27.9 Å². The summed E-state index contributed by atoms with van der Waals surface area (Å²) in [5.74, 6) is -2.40. The van der Waals surface area contributed by atoms with E-state index in [1.165, 1.54) is 30.3 Å². The number of rotatable bonds is 5. The summed E-state index contributed by atoms with van der Waals surface area (Å²) in [5, 5.41) is 0.500. The molecule has 3 aromatic rings. The van der Waals surface area contributed by atoms with Crippen molar-refractivity contribution in [1.82, 2.24) is 0 Å². The van der Waals surface area contributed by atoms with E-state index in [0.29, 0.717) is 5.02 Å². The summed E-state index contributed by atoms with van der Waals surface area (Å²) in [7, 11) is 0. The van der Waals surface area contributed by atoms with Gasteiger partial charge in [-0.2, -0.15) is 0 Å². The zero-order valence-corrected chi connectivity index (χ0v) is 17.3. The Kier molecular flexibility index (Phi) is 5.59. The molecule has 1 aliphatic rings. The first kappa shape index (κ1) is 20.8. The second-order valence-electron chi connectivity index (χ2n) is 6.64. The van der Waals surface area contributed by atoms with Gasteiger partial charge < -0.3 is 4.74 Å². The highest BCUT2D eigenvalue weighted by atomic mass is 35.5. The van der Waals surface area contributed by atoms with Crippen LogP contribution < -0.4 is 4.90 Å². The maximum atomic E-state index is 12.8. The van der Waals surface area contributed by atoms with Crippen molar-refractivity contribution < 1.29 is 23.9 Å². The number of halogens is 2. The van der Waals surface area contributed by atoms with E-state index < -0.39 is 30.2 Å². The predicted molar refractivity (Wildman–Crippen MR) is 115 cm³/mol. The van der Waals surface area contributed by atoms with Gasteiger partial charge in [-0.05, 0) is 42.5 Å². The molecule has 0 saturated heterocycles. The summed E-state index contributed by atoms with van der Waals surface area (Å²) in [6, 6.07) is 16.8. The number of carbonyl (C=O) groups is 4. The Morgan fingerprint density at radius 1 is 0.806 bits per heavy atom. The number of hydrogen-bond donors (Lipinski definition) is 0. The molecular weight excluding hydrogens is 441 g/mol. The third-order valence-corrected chi connectivity index (χ3v) is 5.47. The molecule has 0 aromatic heterocycles. The summed E-state index contributed by atoms with van der Waals surface area (Å²) in [4.78, 5) is 51.5. The van der Waals surface area contributed by atoms with Gasteiger partial charge in [0.2, 0.25) is 0 Å². The first-order valence-electron chi connectivity index (χ1n) is 9.10. The normalized spacial score (nSPS) is 12.6. The molecule has 0 saturated carbocycles. The number of fused-ring (bicyclic) bond motifs is 1. The van der Waals surface area contributed by atoms with E-state index in [1.807, 2.05) is 0 Å². The van der Waals surface area contributed by atoms with Crippen LogP contribution in [0.25, 0.3) is 0 Å². The van der Waals surface area contributed by atoms with Crippen molar-refractivity contribution in [2.75, 3.05) is 11.5 Å². The second-order valence-corrected chi connectivity index (χ2v) is 7.45. The van der Waals surface area contributed by atoms with Crippen LogP contribution in [-0.2, 0) is 4.74 Å². The van der Waals surface area contributed by atoms with Crippen LogP contribution in [0.3, 0.4) is 0 Å². The fourth-order valence-electron chi connectivity index (χ4n) is 3.21. The van der Waals surface area contributed by atoms with Crippen LogP contribution in [0, 0.1) is 0 Å². The molecule has 6 nitrogen and oxygen atoms in total. The van der Waals surface area contributed by atoms with E-state index in [9.17, 15) is 19.2 Å². The summed E-state index contributed by atoms with van der Waals surface area (Å²) >= 11 is 11.8. The van der Waals surface area contributed by atoms with E-state index in [2.05, 4.69) is 0 Å². The van der Waals surface area contributed by atoms with E-state index in [0.717, 1.165) is 4.90 Å². The lowest BCUT2D eigenvalue weighted by atomic mass is 10.1. The molecule has 0 fully saturated rings. The molecule has 2 amide bonds. The highest BCUT2D eigenvalue weighted by Gasteiger charge is 2.38. The quantitative estimate of drug-likeness (QED) is 0.313. The summed E-state index contributed by atoms with van der Waals surface area (Å²) in [6.07, 6.45) is 0. The topological polar surface area (TPSA) is 80.8 Å². The molecule has 3 aromatic carbocycles. The maximum Gasteiger partial charge on any atom is 0.340 e. The summed E-state index contributed by atoms with van der Waals surface area (Å²) in [6.45, 7) is -0.548. The van der Waals surface area contributed by atoms with Gasteiger partial charge in [-0.25, -0.2) is 9.69 Å². The molecule has 0 aliphatic carbocycles. The number of Topliss-reactive ketones (excluding diaryl/α,β-unsaturated/α-hetero) is 1. The Labute approximate surface area is 186 Å². The van der Waals surface area contributed by atoms with Gasteiger partial charge in [0.25, 0.3) is 11.8 Å². The molecule has 31 heavy (non-hydrogen) atoms. The smallest absolute Gasteiger partial charge is 0.340 e. The van der Waals surface area contributed by atoms with Gasteiger partial charge in [-0.1, -0.05) is 47.5 Å². The number of benzene rings is 3. The third kappa shape index (κ3) is 3.83. The van der Waals surface area contributed by atoms with Gasteiger partial charge >= 0.3 is 5.97 Å². The Balaban J connectivity index is 1.56. The van der Waals surface area contributed by atoms with Crippen molar-refractivity contribution in [1.29, 1.82) is 0 Å². The predicted octanol–water partition coefficient (Wildman–Crippen LogP) is 4.83. The van der Waals surface area contributed by atoms with E-state index in [-0.39, 0.29) is 33.0 Å². The average molecular weight is 454 g/mol. The van der Waals surface area contributed by atoms with Crippen LogP contribution in [0.4, 0.5) is 5.69 Å². The molecule has 8 heteroatoms. The fraction of sp³-hybridized carbons (Fsp3) is 0.0435. The van der Waals surface area contributed by atoms with Crippen LogP contribution >= 0.6 is 23.2 Å². The van der Waals surface area contributed by atoms with Gasteiger partial charge in [0.05, 0.1) is 32.4 Å². The van der Waals surface area contributed by atoms with Gasteiger partial charge in [-0.15, -0.1) is 0 Å². The largest absolute Gasteiger partial charge is 0.454 e. The summed E-state index contributed by atoms with van der Waals surface area (Å²) < 4.78 is 5.15. The minimum Gasteiger partial charge on any atom is -0.454 e. The number of anilines is 1. The molecule has 0 spiro atoms. The number of ketones is 1. The molecule has 1 heterocycles. The van der Waals surface area contributed by atoms with Gasteiger partial charge in [0, 0.05) is 5.56 Å². The zero-order chi connectivity index (χ0) is 22.1. The highest BCUT2D eigenvalue weighted by Crippen LogP contribution is 2.31. The SMILES string of the molecule is O=C(COC(=O)c1ccccc1N1C(=O)c2ccccc2C1=O)c1ccc(Cl)c(Cl)c1. The van der Waals surface area contributed by atoms with E-state index in [1.54, 1.807) is 36.4 Å². The number of nitrogens with zero attached hydrogens (tertiary/aromatic N) is 1. The zero-order valence-electron chi connectivity index (χ0n) is 15.8. The van der Waals surface area contributed by atoms with Crippen LogP contribution in [-0.4, -0.2) is 30.2 Å². The first-order chi connectivity index (χ1) is 14.9. The lowest BCUT2D eigenvalue weighted by Gasteiger charge is -2.17. The molecule has 4 rings (SSSR count). The van der Waals surface area contributed by atoms with Gasteiger partial charge in [-0.3, -0.25) is 14.4 Å². The van der Waals surface area contributed by atoms with Crippen molar-refractivity contribution >= 4 is 52.5 Å². The Hall–Kier alpha value is -3.48. The monoisotopic (exact) mass is 453 g/mol. The highest BCUT2D eigenvalue weighted by molar-refractivity contribution is 6.42. The Morgan fingerprint density at radius 2 is 1.42 bits per heavy atom.